The van der Waals surface area contributed by atoms with E-state index < -0.39 is 29.4 Å². The number of benzene rings is 3. The van der Waals surface area contributed by atoms with Crippen molar-refractivity contribution in [3.05, 3.63) is 125 Å². The first-order valence-corrected chi connectivity index (χ1v) is 12.7. The van der Waals surface area contributed by atoms with Gasteiger partial charge in [-0.2, -0.15) is 0 Å². The molecule has 1 heterocycles. The Kier molecular flexibility index (Phi) is 9.30. The summed E-state index contributed by atoms with van der Waals surface area (Å²) in [5, 5.41) is 11.8. The van der Waals surface area contributed by atoms with Gasteiger partial charge in [0, 0.05) is 54.6 Å². The second-order valence-electron chi connectivity index (χ2n) is 8.98. The standard InChI is InChI=1S/C31H27F2N3O4/c32-27-13-7-14-28(33)26(27)20-35-30(39)24-11-3-1-9-22(24)23-10-2-4-12-25(23)31(40)36(19-16-29(37)38)18-15-21-8-5-6-17-34-21/h1-14,17H,15-16,18-20H2,(H,35,39)(H,37,38). The molecule has 40 heavy (non-hydrogen) atoms. The number of aromatic nitrogens is 1. The molecule has 0 radical (unpaired) electrons. The van der Waals surface area contributed by atoms with Crippen molar-refractivity contribution in [3.8, 4) is 11.1 Å². The van der Waals surface area contributed by atoms with Crippen molar-refractivity contribution in [1.82, 2.24) is 15.2 Å². The molecular formula is C31H27F2N3O4. The largest absolute Gasteiger partial charge is 0.481 e. The van der Waals surface area contributed by atoms with Crippen molar-refractivity contribution in [1.29, 1.82) is 0 Å². The lowest BCUT2D eigenvalue weighted by Crippen LogP contribution is -2.35. The van der Waals surface area contributed by atoms with Crippen LogP contribution >= 0.6 is 0 Å². The number of hydrogen-bond donors (Lipinski definition) is 2. The van der Waals surface area contributed by atoms with Crippen LogP contribution in [0.1, 0.15) is 38.4 Å². The Morgan fingerprint density at radius 2 is 1.40 bits per heavy atom. The van der Waals surface area contributed by atoms with E-state index in [1.165, 1.54) is 11.0 Å². The lowest BCUT2D eigenvalue weighted by Gasteiger charge is -2.24. The molecule has 4 rings (SSSR count). The highest BCUT2D eigenvalue weighted by Crippen LogP contribution is 2.28. The van der Waals surface area contributed by atoms with Gasteiger partial charge in [-0.15, -0.1) is 0 Å². The van der Waals surface area contributed by atoms with Gasteiger partial charge in [-0.25, -0.2) is 8.78 Å². The molecule has 0 atom stereocenters. The number of pyridine rings is 1. The van der Waals surface area contributed by atoms with Crippen molar-refractivity contribution in [2.45, 2.75) is 19.4 Å². The summed E-state index contributed by atoms with van der Waals surface area (Å²) >= 11 is 0. The number of hydrogen-bond acceptors (Lipinski definition) is 4. The van der Waals surface area contributed by atoms with E-state index >= 15 is 0 Å². The second-order valence-corrected chi connectivity index (χ2v) is 8.98. The molecule has 0 saturated carbocycles. The minimum absolute atomic E-state index is 0.00826. The van der Waals surface area contributed by atoms with E-state index in [1.807, 2.05) is 12.1 Å². The average Bonchev–Trinajstić information content (AvgIpc) is 2.97. The van der Waals surface area contributed by atoms with E-state index in [2.05, 4.69) is 10.3 Å². The third kappa shape index (κ3) is 6.93. The number of aliphatic carboxylic acids is 1. The van der Waals surface area contributed by atoms with E-state index in [4.69, 9.17) is 0 Å². The van der Waals surface area contributed by atoms with Gasteiger partial charge in [0.15, 0.2) is 0 Å². The molecule has 2 amide bonds. The first-order chi connectivity index (χ1) is 19.3. The molecule has 9 heteroatoms. The third-order valence-electron chi connectivity index (χ3n) is 6.35. The SMILES string of the molecule is O=C(O)CCN(CCc1ccccn1)C(=O)c1ccccc1-c1ccccc1C(=O)NCc1c(F)cccc1F. The van der Waals surface area contributed by atoms with Gasteiger partial charge in [0.1, 0.15) is 11.6 Å². The van der Waals surface area contributed by atoms with Crippen LogP contribution in [0.4, 0.5) is 8.78 Å². The number of halogens is 2. The molecule has 0 fully saturated rings. The number of nitrogens with zero attached hydrogens (tertiary/aromatic N) is 2. The maximum atomic E-state index is 14.1. The molecule has 7 nitrogen and oxygen atoms in total. The highest BCUT2D eigenvalue weighted by molar-refractivity contribution is 6.06. The van der Waals surface area contributed by atoms with Crippen LogP contribution in [0.5, 0.6) is 0 Å². The number of carboxylic acid groups (broad SMARTS) is 1. The minimum atomic E-state index is -1.03. The average molecular weight is 544 g/mol. The number of rotatable bonds is 11. The summed E-state index contributed by atoms with van der Waals surface area (Å²) < 4.78 is 28.1. The summed E-state index contributed by atoms with van der Waals surface area (Å²) in [5.74, 6) is -3.53. The van der Waals surface area contributed by atoms with E-state index in [9.17, 15) is 28.3 Å². The van der Waals surface area contributed by atoms with Crippen LogP contribution in [0.25, 0.3) is 11.1 Å². The fraction of sp³-hybridized carbons (Fsp3) is 0.161. The smallest absolute Gasteiger partial charge is 0.305 e. The van der Waals surface area contributed by atoms with Gasteiger partial charge in [-0.05, 0) is 47.5 Å². The second kappa shape index (κ2) is 13.2. The van der Waals surface area contributed by atoms with Gasteiger partial charge in [-0.3, -0.25) is 19.4 Å². The highest BCUT2D eigenvalue weighted by Gasteiger charge is 2.23. The van der Waals surface area contributed by atoms with Crippen LogP contribution < -0.4 is 5.32 Å². The van der Waals surface area contributed by atoms with Gasteiger partial charge in [-0.1, -0.05) is 48.5 Å². The number of amides is 2. The summed E-state index contributed by atoms with van der Waals surface area (Å²) in [4.78, 5) is 44.0. The predicted molar refractivity (Wildman–Crippen MR) is 146 cm³/mol. The monoisotopic (exact) mass is 543 g/mol. The number of carbonyl (C=O) groups is 3. The lowest BCUT2D eigenvalue weighted by molar-refractivity contribution is -0.137. The van der Waals surface area contributed by atoms with Crippen molar-refractivity contribution >= 4 is 17.8 Å². The van der Waals surface area contributed by atoms with Gasteiger partial charge in [0.25, 0.3) is 11.8 Å². The molecule has 0 aliphatic rings. The van der Waals surface area contributed by atoms with E-state index in [0.29, 0.717) is 17.5 Å². The Morgan fingerprint density at radius 1 is 0.775 bits per heavy atom. The summed E-state index contributed by atoms with van der Waals surface area (Å²) in [6.45, 7) is -0.123. The molecule has 0 aliphatic heterocycles. The van der Waals surface area contributed by atoms with E-state index in [-0.39, 0.29) is 42.7 Å². The van der Waals surface area contributed by atoms with Crippen LogP contribution in [0.15, 0.2) is 91.1 Å². The Labute approximate surface area is 230 Å². The van der Waals surface area contributed by atoms with Crippen LogP contribution in [-0.2, 0) is 17.8 Å². The molecule has 0 unspecified atom stereocenters. The molecule has 4 aromatic rings. The molecule has 0 bridgehead atoms. The summed E-state index contributed by atoms with van der Waals surface area (Å²) in [6.07, 6.45) is 1.85. The van der Waals surface area contributed by atoms with Crippen molar-refractivity contribution in [2.24, 2.45) is 0 Å². The fourth-order valence-corrected chi connectivity index (χ4v) is 4.30. The van der Waals surface area contributed by atoms with Crippen LogP contribution in [-0.4, -0.2) is 45.9 Å². The Balaban J connectivity index is 1.62. The summed E-state index contributed by atoms with van der Waals surface area (Å²) in [5.41, 5.74) is 1.91. The number of carbonyl (C=O) groups excluding carboxylic acids is 2. The molecule has 0 aliphatic carbocycles. The molecule has 2 N–H and O–H groups in total. The molecule has 3 aromatic carbocycles. The lowest BCUT2D eigenvalue weighted by atomic mass is 9.94. The first-order valence-electron chi connectivity index (χ1n) is 12.7. The predicted octanol–water partition coefficient (Wildman–Crippen LogP) is 5.12. The van der Waals surface area contributed by atoms with Crippen molar-refractivity contribution in [3.63, 3.8) is 0 Å². The zero-order valence-electron chi connectivity index (χ0n) is 21.5. The van der Waals surface area contributed by atoms with E-state index in [1.54, 1.807) is 60.8 Å². The molecule has 204 valence electrons. The van der Waals surface area contributed by atoms with Crippen molar-refractivity contribution < 1.29 is 28.3 Å². The maximum absolute atomic E-state index is 14.1. The van der Waals surface area contributed by atoms with Gasteiger partial charge >= 0.3 is 5.97 Å². The molecule has 0 saturated heterocycles. The normalized spacial score (nSPS) is 10.7. The van der Waals surface area contributed by atoms with E-state index in [0.717, 1.165) is 17.8 Å². The van der Waals surface area contributed by atoms with Crippen molar-refractivity contribution in [2.75, 3.05) is 13.1 Å². The molecule has 0 spiro atoms. The first kappa shape index (κ1) is 28.1. The third-order valence-corrected chi connectivity index (χ3v) is 6.35. The minimum Gasteiger partial charge on any atom is -0.481 e. The Hall–Kier alpha value is -4.92. The molecular weight excluding hydrogens is 516 g/mol. The molecule has 1 aromatic heterocycles. The topological polar surface area (TPSA) is 99.6 Å². The maximum Gasteiger partial charge on any atom is 0.305 e. The Morgan fingerprint density at radius 3 is 2.05 bits per heavy atom. The van der Waals surface area contributed by atoms with Crippen LogP contribution in [0.2, 0.25) is 0 Å². The highest BCUT2D eigenvalue weighted by atomic mass is 19.1. The number of carboxylic acids is 1. The summed E-state index contributed by atoms with van der Waals surface area (Å²) in [6, 6.07) is 22.3. The quantitative estimate of drug-likeness (QED) is 0.274. The zero-order chi connectivity index (χ0) is 28.5. The number of nitrogens with one attached hydrogen (secondary N) is 1. The summed E-state index contributed by atoms with van der Waals surface area (Å²) in [7, 11) is 0. The van der Waals surface area contributed by atoms with Crippen LogP contribution in [0.3, 0.4) is 0 Å². The Bertz CT molecular complexity index is 1490. The van der Waals surface area contributed by atoms with Gasteiger partial charge in [0.2, 0.25) is 0 Å². The van der Waals surface area contributed by atoms with Gasteiger partial charge in [0.05, 0.1) is 6.42 Å². The zero-order valence-corrected chi connectivity index (χ0v) is 21.5. The van der Waals surface area contributed by atoms with Crippen LogP contribution in [0, 0.1) is 11.6 Å². The fourth-order valence-electron chi connectivity index (χ4n) is 4.30. The van der Waals surface area contributed by atoms with Gasteiger partial charge < -0.3 is 15.3 Å².